The molecule has 8 heteroatoms. The molecule has 4 rings (SSSR count). The molecule has 0 bridgehead atoms. The number of pyridine rings is 1. The Balaban J connectivity index is 1.66. The van der Waals surface area contributed by atoms with Crippen LogP contribution in [0.4, 0.5) is 10.1 Å². The monoisotopic (exact) mass is 408 g/mol. The molecule has 2 aromatic heterocycles. The van der Waals surface area contributed by atoms with Crippen LogP contribution in [0.5, 0.6) is 5.75 Å². The van der Waals surface area contributed by atoms with Crippen molar-refractivity contribution < 1.29 is 18.7 Å². The van der Waals surface area contributed by atoms with E-state index >= 15 is 0 Å². The van der Waals surface area contributed by atoms with E-state index < -0.39 is 0 Å². The number of fused-ring (bicyclic) bond motifs is 1. The van der Waals surface area contributed by atoms with E-state index in [-0.39, 0.29) is 30.0 Å². The molecule has 1 aliphatic heterocycles. The standard InChI is InChI=1S/C22H21FN4O3/c1-13-4-5-17(8-19(13)23)26-12-14(2)27-21(22(26)29)16(10-25-27)7-20(28)15-6-18(30-3)11-24-9-15/h4-6,8-11,14H,7,12H2,1-3H3/t14-/m0/s1. The minimum absolute atomic E-state index is 0.00125. The molecule has 0 radical (unpaired) electrons. The third kappa shape index (κ3) is 3.45. The Morgan fingerprint density at radius 3 is 2.80 bits per heavy atom. The van der Waals surface area contributed by atoms with Gasteiger partial charge in [-0.15, -0.1) is 0 Å². The summed E-state index contributed by atoms with van der Waals surface area (Å²) < 4.78 is 20.8. The third-order valence-corrected chi connectivity index (χ3v) is 5.27. The number of aryl methyl sites for hydroxylation is 1. The Morgan fingerprint density at radius 1 is 1.27 bits per heavy atom. The highest BCUT2D eigenvalue weighted by atomic mass is 19.1. The maximum absolute atomic E-state index is 14.1. The topological polar surface area (TPSA) is 77.3 Å². The molecule has 154 valence electrons. The fraction of sp³-hybridized carbons (Fsp3) is 0.273. The zero-order valence-electron chi connectivity index (χ0n) is 16.9. The Morgan fingerprint density at radius 2 is 2.07 bits per heavy atom. The van der Waals surface area contributed by atoms with Gasteiger partial charge in [-0.2, -0.15) is 5.10 Å². The van der Waals surface area contributed by atoms with Crippen LogP contribution in [0.3, 0.4) is 0 Å². The number of hydrogen-bond acceptors (Lipinski definition) is 5. The van der Waals surface area contributed by atoms with Crippen molar-refractivity contribution in [3.63, 3.8) is 0 Å². The van der Waals surface area contributed by atoms with Crippen LogP contribution in [0.1, 0.15) is 44.9 Å². The minimum Gasteiger partial charge on any atom is -0.495 e. The lowest BCUT2D eigenvalue weighted by atomic mass is 10.0. The van der Waals surface area contributed by atoms with Crippen LogP contribution in [-0.2, 0) is 6.42 Å². The highest BCUT2D eigenvalue weighted by Crippen LogP contribution is 2.29. The highest BCUT2D eigenvalue weighted by molar-refractivity contribution is 6.08. The molecule has 3 heterocycles. The number of halogens is 1. The molecule has 0 saturated heterocycles. The number of aromatic nitrogens is 3. The molecule has 0 saturated carbocycles. The summed E-state index contributed by atoms with van der Waals surface area (Å²) in [5, 5.41) is 4.33. The first-order valence-electron chi connectivity index (χ1n) is 9.55. The maximum atomic E-state index is 14.1. The number of Topliss-reactive ketones (excluding diaryl/α,β-unsaturated/α-hetero) is 1. The van der Waals surface area contributed by atoms with E-state index in [1.807, 2.05) is 6.92 Å². The zero-order chi connectivity index (χ0) is 21.4. The second kappa shape index (κ2) is 7.70. The summed E-state index contributed by atoms with van der Waals surface area (Å²) >= 11 is 0. The zero-order valence-corrected chi connectivity index (χ0v) is 16.9. The lowest BCUT2D eigenvalue weighted by Gasteiger charge is -2.32. The van der Waals surface area contributed by atoms with E-state index in [9.17, 15) is 14.0 Å². The van der Waals surface area contributed by atoms with E-state index in [0.29, 0.717) is 40.4 Å². The van der Waals surface area contributed by atoms with Crippen molar-refractivity contribution in [1.82, 2.24) is 14.8 Å². The molecule has 1 atom stereocenters. The first kappa shape index (κ1) is 19.8. The summed E-state index contributed by atoms with van der Waals surface area (Å²) in [5.74, 6) is -0.389. The molecule has 0 N–H and O–H groups in total. The van der Waals surface area contributed by atoms with Crippen molar-refractivity contribution in [3.8, 4) is 5.75 Å². The van der Waals surface area contributed by atoms with Crippen molar-refractivity contribution >= 4 is 17.4 Å². The average molecular weight is 408 g/mol. The van der Waals surface area contributed by atoms with E-state index in [1.165, 1.54) is 30.5 Å². The van der Waals surface area contributed by atoms with Crippen LogP contribution >= 0.6 is 0 Å². The number of amides is 1. The van der Waals surface area contributed by atoms with Crippen LogP contribution in [0.15, 0.2) is 42.9 Å². The largest absolute Gasteiger partial charge is 0.495 e. The van der Waals surface area contributed by atoms with Crippen molar-refractivity contribution in [2.75, 3.05) is 18.6 Å². The number of hydrogen-bond donors (Lipinski definition) is 0. The molecule has 30 heavy (non-hydrogen) atoms. The number of ketones is 1. The van der Waals surface area contributed by atoms with Crippen LogP contribution in [-0.4, -0.2) is 40.1 Å². The van der Waals surface area contributed by atoms with Crippen molar-refractivity contribution in [2.24, 2.45) is 0 Å². The molecule has 1 amide bonds. The van der Waals surface area contributed by atoms with Gasteiger partial charge in [0.1, 0.15) is 17.3 Å². The first-order chi connectivity index (χ1) is 14.4. The Bertz CT molecular complexity index is 1140. The van der Waals surface area contributed by atoms with E-state index in [1.54, 1.807) is 36.0 Å². The molecule has 1 aromatic carbocycles. The van der Waals surface area contributed by atoms with Crippen molar-refractivity contribution in [2.45, 2.75) is 26.3 Å². The molecular weight excluding hydrogens is 387 g/mol. The van der Waals surface area contributed by atoms with Gasteiger partial charge in [0, 0.05) is 36.0 Å². The van der Waals surface area contributed by atoms with Gasteiger partial charge in [-0.25, -0.2) is 4.39 Å². The molecular formula is C22H21FN4O3. The molecule has 0 aliphatic carbocycles. The van der Waals surface area contributed by atoms with Crippen LogP contribution < -0.4 is 9.64 Å². The van der Waals surface area contributed by atoms with Gasteiger partial charge < -0.3 is 9.64 Å². The van der Waals surface area contributed by atoms with Gasteiger partial charge in [-0.1, -0.05) is 6.07 Å². The summed E-state index contributed by atoms with van der Waals surface area (Å²) in [4.78, 5) is 31.6. The van der Waals surface area contributed by atoms with Crippen molar-refractivity contribution in [1.29, 1.82) is 0 Å². The lowest BCUT2D eigenvalue weighted by molar-refractivity contribution is 0.0951. The molecule has 7 nitrogen and oxygen atoms in total. The van der Waals surface area contributed by atoms with Gasteiger partial charge in [0.2, 0.25) is 0 Å². The number of benzene rings is 1. The fourth-order valence-corrected chi connectivity index (χ4v) is 3.58. The summed E-state index contributed by atoms with van der Waals surface area (Å²) in [6.07, 6.45) is 4.53. The van der Waals surface area contributed by atoms with Gasteiger partial charge in [-0.3, -0.25) is 19.3 Å². The number of carbonyl (C=O) groups excluding carboxylic acids is 2. The molecule has 3 aromatic rings. The third-order valence-electron chi connectivity index (χ3n) is 5.27. The van der Waals surface area contributed by atoms with Crippen LogP contribution in [0.25, 0.3) is 0 Å². The van der Waals surface area contributed by atoms with Gasteiger partial charge in [0.25, 0.3) is 5.91 Å². The van der Waals surface area contributed by atoms with E-state index in [2.05, 4.69) is 10.1 Å². The van der Waals surface area contributed by atoms with E-state index in [0.717, 1.165) is 0 Å². The number of anilines is 1. The number of rotatable bonds is 5. The first-order valence-corrected chi connectivity index (χ1v) is 9.55. The Hall–Kier alpha value is -3.55. The summed E-state index contributed by atoms with van der Waals surface area (Å²) in [5.41, 5.74) is 2.26. The lowest BCUT2D eigenvalue weighted by Crippen LogP contribution is -2.43. The number of methoxy groups -OCH3 is 1. The molecule has 0 spiro atoms. The minimum atomic E-state index is -0.368. The van der Waals surface area contributed by atoms with Crippen LogP contribution in [0.2, 0.25) is 0 Å². The average Bonchev–Trinajstić information content (AvgIpc) is 3.17. The summed E-state index contributed by atoms with van der Waals surface area (Å²) in [6.45, 7) is 3.97. The highest BCUT2D eigenvalue weighted by Gasteiger charge is 2.34. The predicted molar refractivity (Wildman–Crippen MR) is 109 cm³/mol. The number of nitrogens with zero attached hydrogens (tertiary/aromatic N) is 4. The Kier molecular flexibility index (Phi) is 5.07. The summed E-state index contributed by atoms with van der Waals surface area (Å²) in [7, 11) is 1.50. The number of carbonyl (C=O) groups is 2. The Labute approximate surface area is 173 Å². The SMILES string of the molecule is COc1cncc(C(=O)Cc2cnn3c2C(=O)N(c2ccc(C)c(F)c2)C[C@@H]3C)c1. The van der Waals surface area contributed by atoms with Crippen LogP contribution in [0, 0.1) is 12.7 Å². The van der Waals surface area contributed by atoms with Crippen molar-refractivity contribution in [3.05, 3.63) is 71.1 Å². The summed E-state index contributed by atoms with van der Waals surface area (Å²) in [6, 6.07) is 6.22. The number of ether oxygens (including phenoxy) is 1. The fourth-order valence-electron chi connectivity index (χ4n) is 3.58. The second-order valence-electron chi connectivity index (χ2n) is 7.37. The molecule has 0 fully saturated rings. The smallest absolute Gasteiger partial charge is 0.276 e. The quantitative estimate of drug-likeness (QED) is 0.605. The van der Waals surface area contributed by atoms with Gasteiger partial charge in [0.15, 0.2) is 5.78 Å². The van der Waals surface area contributed by atoms with Gasteiger partial charge in [0.05, 0.1) is 25.5 Å². The van der Waals surface area contributed by atoms with E-state index in [4.69, 9.17) is 4.74 Å². The maximum Gasteiger partial charge on any atom is 0.276 e. The normalized spacial score (nSPS) is 15.8. The predicted octanol–water partition coefficient (Wildman–Crippen LogP) is 3.38. The van der Waals surface area contributed by atoms with Gasteiger partial charge in [-0.05, 0) is 37.6 Å². The van der Waals surface area contributed by atoms with Gasteiger partial charge >= 0.3 is 0 Å². The molecule has 0 unspecified atom stereocenters. The second-order valence-corrected chi connectivity index (χ2v) is 7.37. The molecule has 1 aliphatic rings.